The van der Waals surface area contributed by atoms with Gasteiger partial charge in [0.05, 0.1) is 25.7 Å². The number of nitrogens with one attached hydrogen (secondary N) is 3. The molecular weight excluding hydrogens is 582 g/mol. The van der Waals surface area contributed by atoms with Crippen LogP contribution in [0.15, 0.2) is 53.4 Å². The highest BCUT2D eigenvalue weighted by Crippen LogP contribution is 2.34. The van der Waals surface area contributed by atoms with Crippen LogP contribution in [0.5, 0.6) is 5.75 Å². The van der Waals surface area contributed by atoms with E-state index in [1.807, 2.05) is 45.0 Å². The Kier molecular flexibility index (Phi) is 7.99. The number of likely N-dealkylation sites (tertiary alicyclic amines) is 2. The molecule has 2 fully saturated rings. The van der Waals surface area contributed by atoms with Crippen LogP contribution in [0.3, 0.4) is 0 Å². The first-order valence-electron chi connectivity index (χ1n) is 13.6. The van der Waals surface area contributed by atoms with Crippen LogP contribution >= 0.6 is 11.6 Å². The number of H-pyrrole nitrogens is 1. The van der Waals surface area contributed by atoms with Crippen molar-refractivity contribution in [2.24, 2.45) is 5.41 Å². The number of para-hydroxylation sites is 1. The van der Waals surface area contributed by atoms with E-state index in [0.717, 1.165) is 10.9 Å². The summed E-state index contributed by atoms with van der Waals surface area (Å²) < 4.78 is 33.2. The van der Waals surface area contributed by atoms with Gasteiger partial charge in [0.2, 0.25) is 21.8 Å². The van der Waals surface area contributed by atoms with Crippen molar-refractivity contribution in [3.63, 3.8) is 0 Å². The van der Waals surface area contributed by atoms with Crippen molar-refractivity contribution in [1.82, 2.24) is 24.8 Å². The molecule has 0 saturated carbocycles. The monoisotopic (exact) mass is 615 g/mol. The van der Waals surface area contributed by atoms with Crippen LogP contribution in [0.4, 0.5) is 0 Å². The van der Waals surface area contributed by atoms with Crippen molar-refractivity contribution in [3.05, 3.63) is 59.2 Å². The van der Waals surface area contributed by atoms with E-state index in [9.17, 15) is 22.8 Å². The van der Waals surface area contributed by atoms with Gasteiger partial charge in [0.15, 0.2) is 0 Å². The van der Waals surface area contributed by atoms with Crippen molar-refractivity contribution in [2.75, 3.05) is 26.7 Å². The molecule has 0 spiro atoms. The minimum Gasteiger partial charge on any atom is -0.495 e. The summed E-state index contributed by atoms with van der Waals surface area (Å²) in [6.07, 6.45) is 0.583. The second-order valence-electron chi connectivity index (χ2n) is 11.7. The number of aromatic nitrogens is 1. The molecule has 224 valence electrons. The predicted molar refractivity (Wildman–Crippen MR) is 158 cm³/mol. The number of piperazine rings is 1. The first kappa shape index (κ1) is 29.9. The van der Waals surface area contributed by atoms with Gasteiger partial charge in [-0.2, -0.15) is 0 Å². The predicted octanol–water partition coefficient (Wildman–Crippen LogP) is 2.76. The standard InChI is InChI=1S/C29H34ClN5O6S/c1-29(2,3)26(33-27(37)22-11-17-7-5-6-8-21(17)32-22)28(38)35-16-19-13-20(35)15-34(19)25(36)14-31-42(39,40)24-12-18(30)9-10-23(24)41-4/h5-12,19-20,26,31-32H,13-16H2,1-4H3,(H,33,37)/t19-,20-,26+/m0/s1. The summed E-state index contributed by atoms with van der Waals surface area (Å²) in [6.45, 7) is 5.83. The molecule has 3 heterocycles. The molecule has 2 bridgehead atoms. The number of carbonyl (C=O) groups is 3. The number of fused-ring (bicyclic) bond motifs is 3. The van der Waals surface area contributed by atoms with Crippen LogP contribution in [0.1, 0.15) is 37.7 Å². The van der Waals surface area contributed by atoms with Gasteiger partial charge in [-0.1, -0.05) is 50.6 Å². The molecule has 2 aromatic carbocycles. The fraction of sp³-hybridized carbons (Fsp3) is 0.414. The summed E-state index contributed by atoms with van der Waals surface area (Å²) >= 11 is 5.97. The van der Waals surface area contributed by atoms with Crippen molar-refractivity contribution in [3.8, 4) is 5.75 Å². The summed E-state index contributed by atoms with van der Waals surface area (Å²) in [5.41, 5.74) is 0.628. The van der Waals surface area contributed by atoms with Crippen LogP contribution < -0.4 is 14.8 Å². The van der Waals surface area contributed by atoms with E-state index >= 15 is 0 Å². The maximum absolute atomic E-state index is 13.8. The first-order valence-corrected chi connectivity index (χ1v) is 15.5. The molecule has 2 saturated heterocycles. The van der Waals surface area contributed by atoms with Gasteiger partial charge in [-0.3, -0.25) is 14.4 Å². The molecule has 2 aliphatic heterocycles. The van der Waals surface area contributed by atoms with Gasteiger partial charge in [-0.15, -0.1) is 0 Å². The van der Waals surface area contributed by atoms with Crippen LogP contribution in [0.25, 0.3) is 10.9 Å². The minimum absolute atomic E-state index is 0.110. The second kappa shape index (κ2) is 11.2. The molecule has 0 unspecified atom stereocenters. The molecular formula is C29H34ClN5O6S. The molecule has 13 heteroatoms. The van der Waals surface area contributed by atoms with E-state index in [1.165, 1.54) is 25.3 Å². The van der Waals surface area contributed by atoms with E-state index in [4.69, 9.17) is 16.3 Å². The number of hydrogen-bond donors (Lipinski definition) is 3. The maximum Gasteiger partial charge on any atom is 0.268 e. The Bertz CT molecular complexity index is 1620. The van der Waals surface area contributed by atoms with Gasteiger partial charge in [0, 0.05) is 29.0 Å². The Hall–Kier alpha value is -3.61. The molecule has 3 aromatic rings. The zero-order chi connectivity index (χ0) is 30.4. The fourth-order valence-electron chi connectivity index (χ4n) is 5.66. The molecule has 3 N–H and O–H groups in total. The van der Waals surface area contributed by atoms with Gasteiger partial charge in [0.25, 0.3) is 5.91 Å². The molecule has 0 radical (unpaired) electrons. The lowest BCUT2D eigenvalue weighted by Crippen LogP contribution is -2.59. The maximum atomic E-state index is 13.8. The SMILES string of the molecule is COc1ccc(Cl)cc1S(=O)(=O)NCC(=O)N1C[C@@H]2C[C@H]1CN2C(=O)[C@@H](NC(=O)c1cc2ccccc2[nH]1)C(C)(C)C. The molecule has 0 aliphatic carbocycles. The third-order valence-electron chi connectivity index (χ3n) is 7.84. The summed E-state index contributed by atoms with van der Waals surface area (Å²) in [5, 5.41) is 4.05. The zero-order valence-corrected chi connectivity index (χ0v) is 25.4. The van der Waals surface area contributed by atoms with E-state index in [1.54, 1.807) is 15.9 Å². The smallest absolute Gasteiger partial charge is 0.268 e. The number of ether oxygens (including phenoxy) is 1. The lowest BCUT2D eigenvalue weighted by molar-refractivity contribution is -0.142. The van der Waals surface area contributed by atoms with E-state index < -0.39 is 33.9 Å². The number of sulfonamides is 1. The Balaban J connectivity index is 1.22. The lowest BCUT2D eigenvalue weighted by atomic mass is 9.85. The van der Waals surface area contributed by atoms with E-state index in [-0.39, 0.29) is 46.1 Å². The Morgan fingerprint density at radius 1 is 1.07 bits per heavy atom. The normalized spacial score (nSPS) is 19.3. The third-order valence-corrected chi connectivity index (χ3v) is 9.49. The molecule has 3 atom stereocenters. The number of benzene rings is 2. The molecule has 2 aliphatic rings. The van der Waals surface area contributed by atoms with Gasteiger partial charge < -0.3 is 24.8 Å². The Morgan fingerprint density at radius 3 is 2.40 bits per heavy atom. The highest BCUT2D eigenvalue weighted by molar-refractivity contribution is 7.89. The van der Waals surface area contributed by atoms with Gasteiger partial charge in [0.1, 0.15) is 22.4 Å². The van der Waals surface area contributed by atoms with Crippen molar-refractivity contribution >= 4 is 50.2 Å². The van der Waals surface area contributed by atoms with Crippen LogP contribution in [0, 0.1) is 5.41 Å². The Labute approximate surface area is 249 Å². The largest absolute Gasteiger partial charge is 0.495 e. The van der Waals surface area contributed by atoms with Crippen LogP contribution in [0.2, 0.25) is 5.02 Å². The summed E-state index contributed by atoms with van der Waals surface area (Å²) in [4.78, 5) is 46.3. The van der Waals surface area contributed by atoms with Gasteiger partial charge in [-0.05, 0) is 42.2 Å². The van der Waals surface area contributed by atoms with Crippen LogP contribution in [-0.2, 0) is 19.6 Å². The molecule has 3 amide bonds. The van der Waals surface area contributed by atoms with Crippen molar-refractivity contribution < 1.29 is 27.5 Å². The van der Waals surface area contributed by atoms with E-state index in [0.29, 0.717) is 18.7 Å². The molecule has 5 rings (SSSR count). The number of carbonyl (C=O) groups excluding carboxylic acids is 3. The van der Waals surface area contributed by atoms with Crippen LogP contribution in [-0.4, -0.2) is 85.8 Å². The summed E-state index contributed by atoms with van der Waals surface area (Å²) in [7, 11) is -2.73. The fourth-order valence-corrected chi connectivity index (χ4v) is 7.06. The van der Waals surface area contributed by atoms with Gasteiger partial charge >= 0.3 is 0 Å². The van der Waals surface area contributed by atoms with E-state index in [2.05, 4.69) is 15.0 Å². The quantitative estimate of drug-likeness (QED) is 0.356. The summed E-state index contributed by atoms with van der Waals surface area (Å²) in [5.74, 6) is -0.859. The van der Waals surface area contributed by atoms with Crippen molar-refractivity contribution in [2.45, 2.75) is 50.2 Å². The number of methoxy groups -OCH3 is 1. The Morgan fingerprint density at radius 2 is 1.76 bits per heavy atom. The highest BCUT2D eigenvalue weighted by atomic mass is 35.5. The average Bonchev–Trinajstić information content (AvgIpc) is 3.68. The van der Waals surface area contributed by atoms with Crippen molar-refractivity contribution in [1.29, 1.82) is 0 Å². The third kappa shape index (κ3) is 5.83. The lowest BCUT2D eigenvalue weighted by Gasteiger charge is -2.39. The highest BCUT2D eigenvalue weighted by Gasteiger charge is 2.49. The minimum atomic E-state index is -4.07. The number of amides is 3. The average molecular weight is 616 g/mol. The molecule has 1 aromatic heterocycles. The first-order chi connectivity index (χ1) is 19.8. The molecule has 11 nitrogen and oxygen atoms in total. The second-order valence-corrected chi connectivity index (χ2v) is 13.9. The number of hydrogen-bond acceptors (Lipinski definition) is 6. The number of nitrogens with zero attached hydrogens (tertiary/aromatic N) is 2. The zero-order valence-electron chi connectivity index (χ0n) is 23.8. The summed E-state index contributed by atoms with van der Waals surface area (Å²) in [6, 6.07) is 12.3. The van der Waals surface area contributed by atoms with Gasteiger partial charge in [-0.25, -0.2) is 13.1 Å². The topological polar surface area (TPSA) is 141 Å². The molecule has 42 heavy (non-hydrogen) atoms. The number of aromatic amines is 1. The number of halogens is 1. The number of rotatable bonds is 8.